The molecule has 2 saturated heterocycles. The number of nitro benzene ring substituents is 2. The lowest BCUT2D eigenvalue weighted by Gasteiger charge is -2.36. The number of nitrogens with zero attached hydrogens (tertiary/aromatic N) is 6. The van der Waals surface area contributed by atoms with Gasteiger partial charge in [0, 0.05) is 101 Å². The van der Waals surface area contributed by atoms with Crippen molar-refractivity contribution in [1.82, 2.24) is 20.4 Å². The van der Waals surface area contributed by atoms with Crippen LogP contribution in [0.2, 0.25) is 0 Å². The summed E-state index contributed by atoms with van der Waals surface area (Å²) in [6, 6.07) is 12.8. The summed E-state index contributed by atoms with van der Waals surface area (Å²) >= 11 is 0. The number of benzene rings is 2. The molecule has 2 heterocycles. The first-order valence-electron chi connectivity index (χ1n) is 14.4. The van der Waals surface area contributed by atoms with Gasteiger partial charge in [0.15, 0.2) is 0 Å². The predicted molar refractivity (Wildman–Crippen MR) is 159 cm³/mol. The summed E-state index contributed by atoms with van der Waals surface area (Å²) in [5.41, 5.74) is 1.96. The fourth-order valence-electron chi connectivity index (χ4n) is 5.12. The van der Waals surface area contributed by atoms with Crippen molar-refractivity contribution in [1.29, 1.82) is 0 Å². The quantitative estimate of drug-likeness (QED) is 0.232. The lowest BCUT2D eigenvalue weighted by molar-refractivity contribution is -0.385. The fourth-order valence-corrected chi connectivity index (χ4v) is 5.12. The number of hydrogen-bond donors (Lipinski definition) is 2. The third-order valence-electron chi connectivity index (χ3n) is 7.64. The Kier molecular flexibility index (Phi) is 10.7. The molecule has 4 rings (SSSR count). The first kappa shape index (κ1) is 30.3. The number of non-ortho nitro benzene ring substituents is 2. The summed E-state index contributed by atoms with van der Waals surface area (Å²) in [6.45, 7) is 6.27. The second-order valence-electron chi connectivity index (χ2n) is 10.4. The van der Waals surface area contributed by atoms with E-state index in [1.165, 1.54) is 24.3 Å². The van der Waals surface area contributed by atoms with Gasteiger partial charge in [-0.3, -0.25) is 20.2 Å². The van der Waals surface area contributed by atoms with E-state index in [9.17, 15) is 29.8 Å². The molecule has 4 amide bonds. The molecule has 2 aliphatic heterocycles. The summed E-state index contributed by atoms with van der Waals surface area (Å²) in [5, 5.41) is 27.6. The number of rotatable bonds is 11. The van der Waals surface area contributed by atoms with Gasteiger partial charge < -0.3 is 30.2 Å². The molecule has 0 atom stereocenters. The van der Waals surface area contributed by atoms with E-state index in [1.54, 1.807) is 34.1 Å². The number of piperazine rings is 2. The molecular weight excluding hydrogens is 544 g/mol. The van der Waals surface area contributed by atoms with Gasteiger partial charge in [-0.25, -0.2) is 9.59 Å². The van der Waals surface area contributed by atoms with Crippen molar-refractivity contribution in [3.05, 3.63) is 68.8 Å². The van der Waals surface area contributed by atoms with E-state index in [2.05, 4.69) is 20.4 Å². The van der Waals surface area contributed by atoms with Crippen LogP contribution in [0.15, 0.2) is 48.5 Å². The number of hydrogen-bond acceptors (Lipinski definition) is 8. The SMILES string of the molecule is O=C(NCCCCCCNC(=O)N1CCN(c2ccc([N+](=O)[O-])cc2)CC1)N1CCN(c2ccc([N+](=O)[O-])cc2)CC1. The minimum absolute atomic E-state index is 0.0651. The van der Waals surface area contributed by atoms with Crippen LogP contribution in [0, 0.1) is 20.2 Å². The van der Waals surface area contributed by atoms with Crippen LogP contribution < -0.4 is 20.4 Å². The number of carbonyl (C=O) groups excluding carboxylic acids is 2. The summed E-state index contributed by atoms with van der Waals surface area (Å²) in [6.07, 6.45) is 3.65. The maximum Gasteiger partial charge on any atom is 0.317 e. The molecule has 2 aromatic carbocycles. The Labute approximate surface area is 244 Å². The average Bonchev–Trinajstić information content (AvgIpc) is 3.02. The van der Waals surface area contributed by atoms with Crippen LogP contribution in [-0.4, -0.2) is 97.2 Å². The maximum atomic E-state index is 12.5. The number of nitro groups is 2. The van der Waals surface area contributed by atoms with E-state index >= 15 is 0 Å². The molecule has 0 aromatic heterocycles. The Morgan fingerprint density at radius 1 is 0.571 bits per heavy atom. The molecule has 42 heavy (non-hydrogen) atoms. The van der Waals surface area contributed by atoms with E-state index in [0.29, 0.717) is 65.4 Å². The second-order valence-corrected chi connectivity index (χ2v) is 10.4. The molecule has 2 N–H and O–H groups in total. The molecule has 226 valence electrons. The van der Waals surface area contributed by atoms with Crippen LogP contribution in [0.1, 0.15) is 25.7 Å². The predicted octanol–water partition coefficient (Wildman–Crippen LogP) is 3.43. The first-order valence-corrected chi connectivity index (χ1v) is 14.4. The van der Waals surface area contributed by atoms with Gasteiger partial charge in [-0.1, -0.05) is 12.8 Å². The van der Waals surface area contributed by atoms with E-state index in [0.717, 1.165) is 37.1 Å². The third kappa shape index (κ3) is 8.44. The van der Waals surface area contributed by atoms with Crippen LogP contribution >= 0.6 is 0 Å². The number of anilines is 2. The molecule has 14 heteroatoms. The lowest BCUT2D eigenvalue weighted by Crippen LogP contribution is -2.52. The normalized spacial score (nSPS) is 15.3. The minimum atomic E-state index is -0.414. The summed E-state index contributed by atoms with van der Waals surface area (Å²) in [5.74, 6) is 0. The standard InChI is InChI=1S/C28H38N8O6/c37-27(33-19-15-31(16-20-33)23-5-9-25(10-6-23)35(39)40)29-13-3-1-2-4-14-30-28(38)34-21-17-32(18-22-34)24-7-11-26(12-8-24)36(41)42/h5-12H,1-4,13-22H2,(H,29,37)(H,30,38). The van der Waals surface area contributed by atoms with Gasteiger partial charge in [0.25, 0.3) is 11.4 Å². The van der Waals surface area contributed by atoms with Crippen molar-refractivity contribution >= 4 is 34.8 Å². The summed E-state index contributed by atoms with van der Waals surface area (Å²) in [4.78, 5) is 53.7. The monoisotopic (exact) mass is 582 g/mol. The zero-order valence-corrected chi connectivity index (χ0v) is 23.7. The summed E-state index contributed by atoms with van der Waals surface area (Å²) in [7, 11) is 0. The largest absolute Gasteiger partial charge is 0.368 e. The highest BCUT2D eigenvalue weighted by atomic mass is 16.6. The summed E-state index contributed by atoms with van der Waals surface area (Å²) < 4.78 is 0. The van der Waals surface area contributed by atoms with Gasteiger partial charge in [0.2, 0.25) is 0 Å². The Morgan fingerprint density at radius 3 is 1.21 bits per heavy atom. The molecule has 2 aliphatic rings. The minimum Gasteiger partial charge on any atom is -0.368 e. The number of amides is 4. The van der Waals surface area contributed by atoms with Crippen molar-refractivity contribution in [2.75, 3.05) is 75.2 Å². The zero-order chi connectivity index (χ0) is 29.9. The molecule has 2 fully saturated rings. The topological polar surface area (TPSA) is 157 Å². The van der Waals surface area contributed by atoms with Crippen molar-refractivity contribution in [2.45, 2.75) is 25.7 Å². The number of urea groups is 2. The molecule has 0 unspecified atom stereocenters. The number of unbranched alkanes of at least 4 members (excludes halogenated alkanes) is 3. The fraction of sp³-hybridized carbons (Fsp3) is 0.500. The van der Waals surface area contributed by atoms with E-state index in [4.69, 9.17) is 0 Å². The molecule has 0 bridgehead atoms. The highest BCUT2D eigenvalue weighted by molar-refractivity contribution is 5.75. The van der Waals surface area contributed by atoms with Crippen LogP contribution in [0.4, 0.5) is 32.3 Å². The van der Waals surface area contributed by atoms with Crippen molar-refractivity contribution in [3.8, 4) is 0 Å². The number of nitrogens with one attached hydrogen (secondary N) is 2. The highest BCUT2D eigenvalue weighted by Crippen LogP contribution is 2.22. The van der Waals surface area contributed by atoms with Crippen LogP contribution in [-0.2, 0) is 0 Å². The molecule has 2 aromatic rings. The lowest BCUT2D eigenvalue weighted by atomic mass is 10.2. The molecule has 0 radical (unpaired) electrons. The van der Waals surface area contributed by atoms with Gasteiger partial charge in [0.05, 0.1) is 9.85 Å². The van der Waals surface area contributed by atoms with E-state index < -0.39 is 9.85 Å². The van der Waals surface area contributed by atoms with Gasteiger partial charge in [-0.05, 0) is 37.1 Å². The third-order valence-corrected chi connectivity index (χ3v) is 7.64. The Hall–Kier alpha value is -4.62. The van der Waals surface area contributed by atoms with Crippen molar-refractivity contribution in [3.63, 3.8) is 0 Å². The molecule has 0 saturated carbocycles. The first-order chi connectivity index (χ1) is 20.3. The highest BCUT2D eigenvalue weighted by Gasteiger charge is 2.22. The van der Waals surface area contributed by atoms with Crippen LogP contribution in [0.3, 0.4) is 0 Å². The van der Waals surface area contributed by atoms with Gasteiger partial charge >= 0.3 is 12.1 Å². The molecular formula is C28H38N8O6. The molecule has 14 nitrogen and oxygen atoms in total. The number of carbonyl (C=O) groups is 2. The van der Waals surface area contributed by atoms with Crippen molar-refractivity contribution in [2.24, 2.45) is 0 Å². The molecule has 0 spiro atoms. The average molecular weight is 583 g/mol. The van der Waals surface area contributed by atoms with Gasteiger partial charge in [-0.15, -0.1) is 0 Å². The smallest absolute Gasteiger partial charge is 0.317 e. The second kappa shape index (κ2) is 14.8. The van der Waals surface area contributed by atoms with E-state index in [1.807, 2.05) is 0 Å². The Bertz CT molecular complexity index is 1110. The van der Waals surface area contributed by atoms with Gasteiger partial charge in [0.1, 0.15) is 0 Å². The van der Waals surface area contributed by atoms with E-state index in [-0.39, 0.29) is 23.4 Å². The Morgan fingerprint density at radius 2 is 0.905 bits per heavy atom. The maximum absolute atomic E-state index is 12.5. The zero-order valence-electron chi connectivity index (χ0n) is 23.7. The Balaban J connectivity index is 1.01. The van der Waals surface area contributed by atoms with Crippen molar-refractivity contribution < 1.29 is 19.4 Å². The van der Waals surface area contributed by atoms with Crippen LogP contribution in [0.25, 0.3) is 0 Å². The van der Waals surface area contributed by atoms with Gasteiger partial charge in [-0.2, -0.15) is 0 Å². The molecule has 0 aliphatic carbocycles. The van der Waals surface area contributed by atoms with Crippen LogP contribution in [0.5, 0.6) is 0 Å².